The number of hydrogen-bond donors (Lipinski definition) is 5. The molecule has 35 heavy (non-hydrogen) atoms. The number of amides is 3. The molecule has 0 radical (unpaired) electrons. The number of nitro groups is 1. The minimum atomic E-state index is -1.52. The smallest absolute Gasteiger partial charge is 0.326 e. The number of nitro benzene ring substituents is 1. The van der Waals surface area contributed by atoms with Gasteiger partial charge in [0.05, 0.1) is 11.3 Å². The number of carboxylic acid groups (broad SMARTS) is 2. The van der Waals surface area contributed by atoms with E-state index in [1.165, 1.54) is 24.3 Å². The molecule has 0 aliphatic heterocycles. The van der Waals surface area contributed by atoms with Crippen LogP contribution in [0.25, 0.3) is 0 Å². The lowest BCUT2D eigenvalue weighted by Crippen LogP contribution is -2.47. The van der Waals surface area contributed by atoms with E-state index in [1.807, 2.05) is 6.92 Å². The number of nitrogens with one attached hydrogen (secondary N) is 3. The van der Waals surface area contributed by atoms with Crippen LogP contribution < -0.4 is 16.0 Å². The molecule has 0 aliphatic carbocycles. The first-order chi connectivity index (χ1) is 16.5. The third kappa shape index (κ3) is 11.1. The second-order valence-electron chi connectivity index (χ2n) is 7.78. The fourth-order valence-electron chi connectivity index (χ4n) is 3.04. The summed E-state index contributed by atoms with van der Waals surface area (Å²) < 4.78 is 0. The van der Waals surface area contributed by atoms with Crippen LogP contribution in [0.3, 0.4) is 0 Å². The van der Waals surface area contributed by atoms with Crippen LogP contribution >= 0.6 is 0 Å². The van der Waals surface area contributed by atoms with Crippen LogP contribution in [0.2, 0.25) is 0 Å². The molecular formula is C22H30N4O9. The molecule has 0 spiro atoms. The molecule has 0 bridgehead atoms. The average molecular weight is 495 g/mol. The third-order valence-corrected chi connectivity index (χ3v) is 4.95. The van der Waals surface area contributed by atoms with E-state index < -0.39 is 53.1 Å². The Morgan fingerprint density at radius 3 is 2.17 bits per heavy atom. The number of rotatable bonds is 16. The minimum Gasteiger partial charge on any atom is -0.481 e. The summed E-state index contributed by atoms with van der Waals surface area (Å²) in [5.41, 5.74) is 0.0225. The predicted molar refractivity (Wildman–Crippen MR) is 123 cm³/mol. The molecule has 1 rings (SSSR count). The van der Waals surface area contributed by atoms with Crippen molar-refractivity contribution in [3.63, 3.8) is 0 Å². The van der Waals surface area contributed by atoms with Gasteiger partial charge in [-0.2, -0.15) is 0 Å². The second-order valence-corrected chi connectivity index (χ2v) is 7.78. The minimum absolute atomic E-state index is 0.0462. The van der Waals surface area contributed by atoms with Gasteiger partial charge in [-0.3, -0.25) is 29.3 Å². The Balaban J connectivity index is 2.51. The first-order valence-electron chi connectivity index (χ1n) is 11.1. The van der Waals surface area contributed by atoms with E-state index >= 15 is 0 Å². The highest BCUT2D eigenvalue weighted by atomic mass is 16.6. The normalized spacial score (nSPS) is 12.1. The first-order valence-corrected chi connectivity index (χ1v) is 11.1. The zero-order chi connectivity index (χ0) is 26.4. The lowest BCUT2D eigenvalue weighted by Gasteiger charge is -2.18. The summed E-state index contributed by atoms with van der Waals surface area (Å²) in [5, 5.41) is 35.8. The number of aliphatic carboxylic acids is 2. The lowest BCUT2D eigenvalue weighted by molar-refractivity contribution is -0.384. The van der Waals surface area contributed by atoms with Gasteiger partial charge in [-0.05, 0) is 31.4 Å². The molecule has 192 valence electrons. The van der Waals surface area contributed by atoms with E-state index in [4.69, 9.17) is 10.2 Å². The number of hydrogen-bond acceptors (Lipinski definition) is 7. The molecule has 2 atom stereocenters. The highest BCUT2D eigenvalue weighted by molar-refractivity contribution is 5.97. The topological polar surface area (TPSA) is 205 Å². The molecule has 0 heterocycles. The summed E-state index contributed by atoms with van der Waals surface area (Å²) in [6.07, 6.45) is 1.80. The molecular weight excluding hydrogens is 464 g/mol. The van der Waals surface area contributed by atoms with Crippen molar-refractivity contribution < 1.29 is 39.1 Å². The molecule has 13 nitrogen and oxygen atoms in total. The maximum Gasteiger partial charge on any atom is 0.326 e. The van der Waals surface area contributed by atoms with E-state index in [1.54, 1.807) is 0 Å². The first kappa shape index (κ1) is 29.0. The van der Waals surface area contributed by atoms with E-state index in [9.17, 15) is 34.1 Å². The molecule has 0 saturated heterocycles. The highest BCUT2D eigenvalue weighted by Gasteiger charge is 2.23. The number of carboxylic acids is 2. The van der Waals surface area contributed by atoms with E-state index in [2.05, 4.69) is 16.0 Å². The fraction of sp³-hybridized carbons (Fsp3) is 0.500. The SMILES string of the molecule is CCCC[C@H](NC(=O)c1ccc([N+](=O)[O-])cc1)C(=O)NCCCCC(=O)N[C@@H](CC(=O)O)C(=O)O. The molecule has 0 aromatic heterocycles. The van der Waals surface area contributed by atoms with Crippen molar-refractivity contribution in [3.8, 4) is 0 Å². The van der Waals surface area contributed by atoms with Gasteiger partial charge in [0.15, 0.2) is 0 Å². The summed E-state index contributed by atoms with van der Waals surface area (Å²) >= 11 is 0. The number of non-ortho nitro benzene ring substituents is 1. The second kappa shape index (κ2) is 15.0. The molecule has 5 N–H and O–H groups in total. The van der Waals surface area contributed by atoms with Crippen LogP contribution in [0.15, 0.2) is 24.3 Å². The van der Waals surface area contributed by atoms with Crippen molar-refractivity contribution in [3.05, 3.63) is 39.9 Å². The van der Waals surface area contributed by atoms with Crippen LogP contribution in [-0.2, 0) is 19.2 Å². The fourth-order valence-corrected chi connectivity index (χ4v) is 3.04. The van der Waals surface area contributed by atoms with Crippen LogP contribution in [0.1, 0.15) is 62.2 Å². The standard InChI is InChI=1S/C22H30N4O9/c1-2-3-6-16(25-20(30)14-8-10-15(11-9-14)26(34)35)21(31)23-12-5-4-7-18(27)24-17(22(32)33)13-19(28)29/h8-11,16-17H,2-7,12-13H2,1H3,(H,23,31)(H,24,27)(H,25,30)(H,28,29)(H,32,33)/t16-,17-/m0/s1. The van der Waals surface area contributed by atoms with Gasteiger partial charge in [-0.1, -0.05) is 19.8 Å². The van der Waals surface area contributed by atoms with Gasteiger partial charge in [-0.15, -0.1) is 0 Å². The number of nitrogens with zero attached hydrogens (tertiary/aromatic N) is 1. The molecule has 0 fully saturated rings. The number of carbonyl (C=O) groups is 5. The quantitative estimate of drug-likeness (QED) is 0.127. The Morgan fingerprint density at radius 1 is 0.971 bits per heavy atom. The Hall–Kier alpha value is -4.03. The van der Waals surface area contributed by atoms with Crippen molar-refractivity contribution >= 4 is 35.3 Å². The number of unbranched alkanes of at least 4 members (excludes halogenated alkanes) is 2. The molecule has 0 aliphatic rings. The Kier molecular flexibility index (Phi) is 12.4. The van der Waals surface area contributed by atoms with Crippen molar-refractivity contribution in [1.82, 2.24) is 16.0 Å². The van der Waals surface area contributed by atoms with Gasteiger partial charge in [-0.25, -0.2) is 4.79 Å². The van der Waals surface area contributed by atoms with E-state index in [0.717, 1.165) is 6.42 Å². The molecule has 13 heteroatoms. The molecule has 0 unspecified atom stereocenters. The zero-order valence-corrected chi connectivity index (χ0v) is 19.3. The Morgan fingerprint density at radius 2 is 1.63 bits per heavy atom. The van der Waals surface area contributed by atoms with Crippen LogP contribution in [0, 0.1) is 10.1 Å². The van der Waals surface area contributed by atoms with E-state index in [-0.39, 0.29) is 24.2 Å². The van der Waals surface area contributed by atoms with Gasteiger partial charge in [0.1, 0.15) is 12.1 Å². The maximum atomic E-state index is 12.6. The zero-order valence-electron chi connectivity index (χ0n) is 19.3. The summed E-state index contributed by atoms with van der Waals surface area (Å²) in [5.74, 6) is -4.35. The summed E-state index contributed by atoms with van der Waals surface area (Å²) in [6.45, 7) is 2.14. The van der Waals surface area contributed by atoms with Crippen LogP contribution in [0.5, 0.6) is 0 Å². The summed E-state index contributed by atoms with van der Waals surface area (Å²) in [6, 6.07) is 2.68. The molecule has 0 saturated carbocycles. The maximum absolute atomic E-state index is 12.6. The monoisotopic (exact) mass is 494 g/mol. The predicted octanol–water partition coefficient (Wildman–Crippen LogP) is 1.21. The van der Waals surface area contributed by atoms with Gasteiger partial charge in [0.2, 0.25) is 11.8 Å². The number of carbonyl (C=O) groups excluding carboxylic acids is 3. The lowest BCUT2D eigenvalue weighted by atomic mass is 10.1. The highest BCUT2D eigenvalue weighted by Crippen LogP contribution is 2.12. The molecule has 1 aromatic carbocycles. The van der Waals surface area contributed by atoms with Crippen molar-refractivity contribution in [2.24, 2.45) is 0 Å². The van der Waals surface area contributed by atoms with Crippen molar-refractivity contribution in [1.29, 1.82) is 0 Å². The molecule has 1 aromatic rings. The Bertz CT molecular complexity index is 918. The summed E-state index contributed by atoms with van der Waals surface area (Å²) in [4.78, 5) is 68.7. The number of benzene rings is 1. The Labute approximate surface area is 201 Å². The van der Waals surface area contributed by atoms with E-state index in [0.29, 0.717) is 25.7 Å². The van der Waals surface area contributed by atoms with Crippen molar-refractivity contribution in [2.45, 2.75) is 64.0 Å². The van der Waals surface area contributed by atoms with Gasteiger partial charge in [0, 0.05) is 30.7 Å². The summed E-state index contributed by atoms with van der Waals surface area (Å²) in [7, 11) is 0. The van der Waals surface area contributed by atoms with Crippen LogP contribution in [-0.4, -0.2) is 63.4 Å². The third-order valence-electron chi connectivity index (χ3n) is 4.95. The van der Waals surface area contributed by atoms with Gasteiger partial charge < -0.3 is 26.2 Å². The average Bonchev–Trinajstić information content (AvgIpc) is 2.80. The molecule has 3 amide bonds. The van der Waals surface area contributed by atoms with Gasteiger partial charge in [0.25, 0.3) is 11.6 Å². The van der Waals surface area contributed by atoms with Gasteiger partial charge >= 0.3 is 11.9 Å². The van der Waals surface area contributed by atoms with Crippen molar-refractivity contribution in [2.75, 3.05) is 6.54 Å². The largest absolute Gasteiger partial charge is 0.481 e. The van der Waals surface area contributed by atoms with Crippen LogP contribution in [0.4, 0.5) is 5.69 Å².